The van der Waals surface area contributed by atoms with Crippen LogP contribution in [-0.2, 0) is 0 Å². The van der Waals surface area contributed by atoms with Crippen molar-refractivity contribution >= 4 is 28.9 Å². The number of thioether (sulfide) groups is 1. The van der Waals surface area contributed by atoms with Gasteiger partial charge in [0.15, 0.2) is 11.5 Å². The molecule has 1 N–H and O–H groups in total. The third kappa shape index (κ3) is 3.46. The van der Waals surface area contributed by atoms with Gasteiger partial charge in [0.2, 0.25) is 5.16 Å². The van der Waals surface area contributed by atoms with Gasteiger partial charge >= 0.3 is 0 Å². The summed E-state index contributed by atoms with van der Waals surface area (Å²) in [4.78, 5) is 11.4. The lowest BCUT2D eigenvalue weighted by Gasteiger charge is -2.28. The molecule has 0 saturated carbocycles. The average molecular weight is 389 g/mol. The quantitative estimate of drug-likeness (QED) is 0.667. The number of anilines is 2. The first-order valence-corrected chi connectivity index (χ1v) is 10.2. The van der Waals surface area contributed by atoms with Crippen LogP contribution >= 0.6 is 11.8 Å². The molecule has 1 aliphatic heterocycles. The number of rotatable bonds is 5. The number of imidazole rings is 1. The Morgan fingerprint density at radius 1 is 1.26 bits per heavy atom. The molecular formula is C17H24N8OS. The number of aromatic nitrogens is 6. The maximum atomic E-state index is 5.50. The van der Waals surface area contributed by atoms with Crippen molar-refractivity contribution in [3.05, 3.63) is 18.1 Å². The predicted octanol–water partition coefficient (Wildman–Crippen LogP) is 2.37. The monoisotopic (exact) mass is 388 g/mol. The van der Waals surface area contributed by atoms with Gasteiger partial charge in [0.25, 0.3) is 5.88 Å². The van der Waals surface area contributed by atoms with Gasteiger partial charge < -0.3 is 15.0 Å². The van der Waals surface area contributed by atoms with Gasteiger partial charge in [0.1, 0.15) is 5.69 Å². The molecule has 10 heteroatoms. The standard InChI is InChI=1S/C17H24N8OS/c1-11-9-18-15-14(20-17(27-4)22-25(11)15)19-13-10-24(21-16(13)26-3)12-5-7-23(2)8-6-12/h9-10,12H,5-8H2,1-4H3,(H,19,20,22). The molecule has 1 aliphatic rings. The number of hydrogen-bond acceptors (Lipinski definition) is 8. The van der Waals surface area contributed by atoms with Crippen molar-refractivity contribution < 1.29 is 4.74 Å². The third-order valence-corrected chi connectivity index (χ3v) is 5.44. The highest BCUT2D eigenvalue weighted by Crippen LogP contribution is 2.31. The second-order valence-electron chi connectivity index (χ2n) is 6.77. The van der Waals surface area contributed by atoms with Crippen LogP contribution in [0.3, 0.4) is 0 Å². The minimum Gasteiger partial charge on any atom is -0.478 e. The lowest BCUT2D eigenvalue weighted by atomic mass is 10.1. The fourth-order valence-corrected chi connectivity index (χ4v) is 3.67. The number of nitrogens with zero attached hydrogens (tertiary/aromatic N) is 7. The Morgan fingerprint density at radius 3 is 2.74 bits per heavy atom. The van der Waals surface area contributed by atoms with Gasteiger partial charge in [-0.05, 0) is 46.2 Å². The zero-order valence-corrected chi connectivity index (χ0v) is 16.8. The normalized spacial score (nSPS) is 16.1. The lowest BCUT2D eigenvalue weighted by molar-refractivity contribution is 0.210. The highest BCUT2D eigenvalue weighted by Gasteiger charge is 2.22. The predicted molar refractivity (Wildman–Crippen MR) is 105 cm³/mol. The van der Waals surface area contributed by atoms with E-state index in [2.05, 4.69) is 37.4 Å². The molecule has 0 aliphatic carbocycles. The number of nitrogens with one attached hydrogen (secondary N) is 1. The first kappa shape index (κ1) is 18.1. The van der Waals surface area contributed by atoms with Crippen molar-refractivity contribution in [2.75, 3.05) is 38.8 Å². The Morgan fingerprint density at radius 2 is 2.04 bits per heavy atom. The minimum absolute atomic E-state index is 0.381. The van der Waals surface area contributed by atoms with E-state index >= 15 is 0 Å². The summed E-state index contributed by atoms with van der Waals surface area (Å²) in [5.41, 5.74) is 2.42. The SMILES string of the molecule is COc1nn(C2CCN(C)CC2)cc1Nc1nc(SC)nn2c(C)cnc12. The number of fused-ring (bicyclic) bond motifs is 1. The minimum atomic E-state index is 0.381. The molecule has 0 amide bonds. The van der Waals surface area contributed by atoms with Crippen LogP contribution in [-0.4, -0.2) is 67.8 Å². The van der Waals surface area contributed by atoms with E-state index in [0.717, 1.165) is 37.3 Å². The third-order valence-electron chi connectivity index (χ3n) is 4.90. The molecule has 1 saturated heterocycles. The van der Waals surface area contributed by atoms with Gasteiger partial charge in [-0.15, -0.1) is 10.2 Å². The first-order valence-electron chi connectivity index (χ1n) is 8.94. The Bertz CT molecular complexity index is 944. The van der Waals surface area contributed by atoms with E-state index in [0.29, 0.717) is 28.5 Å². The second-order valence-corrected chi connectivity index (χ2v) is 7.55. The molecule has 4 heterocycles. The molecule has 1 fully saturated rings. The molecule has 3 aromatic rings. The van der Waals surface area contributed by atoms with Crippen molar-refractivity contribution in [3.63, 3.8) is 0 Å². The highest BCUT2D eigenvalue weighted by molar-refractivity contribution is 7.98. The number of ether oxygens (including phenoxy) is 1. The molecule has 0 bridgehead atoms. The van der Waals surface area contributed by atoms with Crippen LogP contribution in [0.15, 0.2) is 17.6 Å². The molecule has 4 rings (SSSR count). The highest BCUT2D eigenvalue weighted by atomic mass is 32.2. The number of hydrogen-bond donors (Lipinski definition) is 1. The number of aryl methyl sites for hydroxylation is 1. The Labute approximate surface area is 162 Å². The van der Waals surface area contributed by atoms with Gasteiger partial charge in [-0.2, -0.15) is 4.98 Å². The molecule has 0 unspecified atom stereocenters. The lowest BCUT2D eigenvalue weighted by Crippen LogP contribution is -2.31. The fourth-order valence-electron chi connectivity index (χ4n) is 3.33. The van der Waals surface area contributed by atoms with E-state index in [1.807, 2.05) is 24.1 Å². The topological polar surface area (TPSA) is 85.4 Å². The molecule has 27 heavy (non-hydrogen) atoms. The summed E-state index contributed by atoms with van der Waals surface area (Å²) in [6.45, 7) is 4.12. The van der Waals surface area contributed by atoms with Crippen LogP contribution in [0.4, 0.5) is 11.5 Å². The van der Waals surface area contributed by atoms with E-state index in [1.54, 1.807) is 17.8 Å². The summed E-state index contributed by atoms with van der Waals surface area (Å²) >= 11 is 1.49. The van der Waals surface area contributed by atoms with Crippen LogP contribution in [0, 0.1) is 6.92 Å². The van der Waals surface area contributed by atoms with E-state index in [9.17, 15) is 0 Å². The van der Waals surface area contributed by atoms with Gasteiger partial charge in [-0.1, -0.05) is 11.8 Å². The fraction of sp³-hybridized carbons (Fsp3) is 0.529. The molecule has 0 spiro atoms. The summed E-state index contributed by atoms with van der Waals surface area (Å²) in [5, 5.41) is 13.2. The van der Waals surface area contributed by atoms with Gasteiger partial charge in [-0.25, -0.2) is 9.50 Å². The molecule has 0 atom stereocenters. The second kappa shape index (κ2) is 7.35. The summed E-state index contributed by atoms with van der Waals surface area (Å²) in [6.07, 6.45) is 7.90. The summed E-state index contributed by atoms with van der Waals surface area (Å²) in [5.74, 6) is 1.20. The van der Waals surface area contributed by atoms with Crippen LogP contribution in [0.5, 0.6) is 5.88 Å². The summed E-state index contributed by atoms with van der Waals surface area (Å²) in [6, 6.07) is 0.381. The summed E-state index contributed by atoms with van der Waals surface area (Å²) < 4.78 is 9.32. The summed E-state index contributed by atoms with van der Waals surface area (Å²) in [7, 11) is 3.79. The van der Waals surface area contributed by atoms with Crippen molar-refractivity contribution in [3.8, 4) is 5.88 Å². The Balaban J connectivity index is 1.67. The maximum Gasteiger partial charge on any atom is 0.256 e. The van der Waals surface area contributed by atoms with E-state index in [-0.39, 0.29) is 0 Å². The molecule has 144 valence electrons. The largest absolute Gasteiger partial charge is 0.478 e. The maximum absolute atomic E-state index is 5.50. The van der Waals surface area contributed by atoms with Crippen molar-refractivity contribution in [1.29, 1.82) is 0 Å². The molecule has 9 nitrogen and oxygen atoms in total. The number of piperidine rings is 1. The van der Waals surface area contributed by atoms with Crippen LogP contribution in [0.2, 0.25) is 0 Å². The van der Waals surface area contributed by atoms with Gasteiger partial charge in [-0.3, -0.25) is 4.68 Å². The van der Waals surface area contributed by atoms with E-state index < -0.39 is 0 Å². The van der Waals surface area contributed by atoms with Crippen molar-refractivity contribution in [2.24, 2.45) is 0 Å². The van der Waals surface area contributed by atoms with Crippen LogP contribution in [0.1, 0.15) is 24.6 Å². The Hall–Kier alpha value is -2.33. The van der Waals surface area contributed by atoms with Gasteiger partial charge in [0.05, 0.1) is 31.2 Å². The van der Waals surface area contributed by atoms with Crippen LogP contribution in [0.25, 0.3) is 5.65 Å². The smallest absolute Gasteiger partial charge is 0.256 e. The van der Waals surface area contributed by atoms with E-state index in [1.165, 1.54) is 11.8 Å². The zero-order valence-electron chi connectivity index (χ0n) is 16.0. The van der Waals surface area contributed by atoms with Crippen molar-refractivity contribution in [1.82, 2.24) is 34.3 Å². The Kier molecular flexibility index (Phi) is 4.92. The molecule has 0 radical (unpaired) electrons. The molecule has 3 aromatic heterocycles. The molecular weight excluding hydrogens is 364 g/mol. The van der Waals surface area contributed by atoms with E-state index in [4.69, 9.17) is 4.74 Å². The molecule has 0 aromatic carbocycles. The van der Waals surface area contributed by atoms with Crippen LogP contribution < -0.4 is 10.1 Å². The average Bonchev–Trinajstić information content (AvgIpc) is 3.26. The van der Waals surface area contributed by atoms with Crippen molar-refractivity contribution in [2.45, 2.75) is 31.0 Å². The number of likely N-dealkylation sites (tertiary alicyclic amines) is 1. The van der Waals surface area contributed by atoms with Gasteiger partial charge in [0, 0.05) is 0 Å². The number of methoxy groups -OCH3 is 1. The zero-order chi connectivity index (χ0) is 19.0. The first-order chi connectivity index (χ1) is 13.1.